The van der Waals surface area contributed by atoms with Gasteiger partial charge in [0.2, 0.25) is 0 Å². The third-order valence-electron chi connectivity index (χ3n) is 5.33. The minimum Gasteiger partial charge on any atom is -0.458 e. The van der Waals surface area contributed by atoms with E-state index in [0.717, 1.165) is 0 Å². The molecule has 0 amide bonds. The largest absolute Gasteiger partial charge is 0.508 e. The van der Waals surface area contributed by atoms with Gasteiger partial charge in [-0.1, -0.05) is 40.7 Å². The molecule has 0 saturated heterocycles. The Kier molecular flexibility index (Phi) is 13.3. The molecule has 10 heteroatoms. The Hall–Kier alpha value is -3.14. The van der Waals surface area contributed by atoms with E-state index in [9.17, 15) is 19.2 Å². The molecule has 214 valence electrons. The minimum atomic E-state index is -1.04. The molecular formula is C28H43NO9. The van der Waals surface area contributed by atoms with Crippen molar-refractivity contribution in [1.29, 1.82) is 0 Å². The van der Waals surface area contributed by atoms with Gasteiger partial charge in [-0.25, -0.2) is 4.79 Å². The lowest BCUT2D eigenvalue weighted by atomic mass is 10.1. The summed E-state index contributed by atoms with van der Waals surface area (Å²) in [5.74, 6) is -1.28. The molecule has 0 aliphatic heterocycles. The number of carbonyl (C=O) groups excluding carboxylic acids is 4. The van der Waals surface area contributed by atoms with E-state index in [1.807, 2.05) is 34.6 Å². The summed E-state index contributed by atoms with van der Waals surface area (Å²) in [4.78, 5) is 48.8. The molecule has 0 saturated carbocycles. The van der Waals surface area contributed by atoms with E-state index in [2.05, 4.69) is 0 Å². The molecule has 0 heterocycles. The predicted molar refractivity (Wildman–Crippen MR) is 141 cm³/mol. The van der Waals surface area contributed by atoms with Crippen molar-refractivity contribution in [3.8, 4) is 11.5 Å². The highest BCUT2D eigenvalue weighted by atomic mass is 16.7. The van der Waals surface area contributed by atoms with Gasteiger partial charge >= 0.3 is 24.1 Å². The van der Waals surface area contributed by atoms with Crippen molar-refractivity contribution in [2.75, 3.05) is 6.61 Å². The van der Waals surface area contributed by atoms with Crippen LogP contribution >= 0.6 is 0 Å². The lowest BCUT2D eigenvalue weighted by Crippen LogP contribution is -2.37. The van der Waals surface area contributed by atoms with Crippen LogP contribution in [0.15, 0.2) is 18.2 Å². The average Bonchev–Trinajstić information content (AvgIpc) is 2.78. The van der Waals surface area contributed by atoms with Crippen LogP contribution in [-0.4, -0.2) is 48.4 Å². The highest BCUT2D eigenvalue weighted by Gasteiger charge is 2.24. The Balaban J connectivity index is 2.83. The van der Waals surface area contributed by atoms with Crippen LogP contribution in [-0.2, 0) is 35.0 Å². The zero-order chi connectivity index (χ0) is 29.0. The van der Waals surface area contributed by atoms with E-state index >= 15 is 0 Å². The third kappa shape index (κ3) is 12.9. The van der Waals surface area contributed by atoms with Crippen LogP contribution in [0.4, 0.5) is 4.79 Å². The summed E-state index contributed by atoms with van der Waals surface area (Å²) in [6, 6.07) is 3.60. The molecule has 0 aromatic heterocycles. The molecule has 1 aromatic rings. The Morgan fingerprint density at radius 1 is 0.895 bits per heavy atom. The van der Waals surface area contributed by atoms with Crippen molar-refractivity contribution in [3.63, 3.8) is 0 Å². The zero-order valence-corrected chi connectivity index (χ0v) is 23.8. The van der Waals surface area contributed by atoms with Crippen LogP contribution in [0.2, 0.25) is 0 Å². The van der Waals surface area contributed by atoms with E-state index in [4.69, 9.17) is 29.4 Å². The van der Waals surface area contributed by atoms with E-state index in [1.54, 1.807) is 26.8 Å². The van der Waals surface area contributed by atoms with Crippen LogP contribution in [0.3, 0.4) is 0 Å². The van der Waals surface area contributed by atoms with Gasteiger partial charge in [0.25, 0.3) is 0 Å². The molecule has 2 N–H and O–H groups in total. The number of ether oxygens (including phenoxy) is 5. The Labute approximate surface area is 225 Å². The normalized spacial score (nSPS) is 13.0. The molecule has 0 unspecified atom stereocenters. The van der Waals surface area contributed by atoms with E-state index < -0.39 is 41.8 Å². The van der Waals surface area contributed by atoms with Gasteiger partial charge in [-0.2, -0.15) is 0 Å². The van der Waals surface area contributed by atoms with E-state index in [0.29, 0.717) is 12.0 Å². The topological polar surface area (TPSA) is 140 Å². The predicted octanol–water partition coefficient (Wildman–Crippen LogP) is 4.73. The van der Waals surface area contributed by atoms with Crippen LogP contribution in [0.25, 0.3) is 0 Å². The second-order valence-electron chi connectivity index (χ2n) is 10.8. The second kappa shape index (κ2) is 15.3. The monoisotopic (exact) mass is 537 g/mol. The Bertz CT molecular complexity index is 956. The maximum Gasteiger partial charge on any atom is 0.508 e. The number of benzene rings is 1. The number of hydrogen-bond acceptors (Lipinski definition) is 10. The van der Waals surface area contributed by atoms with Crippen molar-refractivity contribution in [2.45, 2.75) is 98.8 Å². The molecule has 2 atom stereocenters. The summed E-state index contributed by atoms with van der Waals surface area (Å²) in [7, 11) is 0. The summed E-state index contributed by atoms with van der Waals surface area (Å²) in [6.45, 7) is 14.3. The molecule has 0 radical (unpaired) electrons. The fraction of sp³-hybridized carbons (Fsp3) is 0.643. The quantitative estimate of drug-likeness (QED) is 0.261. The van der Waals surface area contributed by atoms with Crippen molar-refractivity contribution >= 4 is 24.1 Å². The Morgan fingerprint density at radius 2 is 1.45 bits per heavy atom. The van der Waals surface area contributed by atoms with Gasteiger partial charge in [0.05, 0.1) is 0 Å². The number of rotatable bonds is 14. The first-order valence-electron chi connectivity index (χ1n) is 13.0. The van der Waals surface area contributed by atoms with Crippen molar-refractivity contribution in [2.24, 2.45) is 17.6 Å². The third-order valence-corrected chi connectivity index (χ3v) is 5.33. The van der Waals surface area contributed by atoms with Gasteiger partial charge in [-0.3, -0.25) is 14.4 Å². The van der Waals surface area contributed by atoms with Crippen molar-refractivity contribution in [1.82, 2.24) is 0 Å². The summed E-state index contributed by atoms with van der Waals surface area (Å²) >= 11 is 0. The molecule has 1 rings (SSSR count). The number of carbonyl (C=O) groups is 4. The number of nitrogens with two attached hydrogens (primary N) is 1. The molecular weight excluding hydrogens is 494 g/mol. The summed E-state index contributed by atoms with van der Waals surface area (Å²) in [5.41, 5.74) is 5.95. The first kappa shape index (κ1) is 32.9. The first-order valence-corrected chi connectivity index (χ1v) is 13.0. The molecule has 0 fully saturated rings. The molecule has 38 heavy (non-hydrogen) atoms. The van der Waals surface area contributed by atoms with Gasteiger partial charge in [-0.15, -0.1) is 0 Å². The lowest BCUT2D eigenvalue weighted by Gasteiger charge is -2.23. The highest BCUT2D eigenvalue weighted by molar-refractivity contribution is 5.77. The summed E-state index contributed by atoms with van der Waals surface area (Å²) in [5, 5.41) is 0. The second-order valence-corrected chi connectivity index (χ2v) is 10.8. The maximum absolute atomic E-state index is 12.5. The van der Waals surface area contributed by atoms with Crippen LogP contribution < -0.4 is 15.2 Å². The molecule has 1 aromatic carbocycles. The summed E-state index contributed by atoms with van der Waals surface area (Å²) in [6.07, 6.45) is -0.540. The van der Waals surface area contributed by atoms with E-state index in [-0.39, 0.29) is 49.2 Å². The average molecular weight is 538 g/mol. The van der Waals surface area contributed by atoms with Crippen molar-refractivity contribution < 1.29 is 42.9 Å². The summed E-state index contributed by atoms with van der Waals surface area (Å²) < 4.78 is 26.4. The molecule has 0 aliphatic carbocycles. The molecule has 0 spiro atoms. The lowest BCUT2D eigenvalue weighted by molar-refractivity contribution is -0.152. The first-order chi connectivity index (χ1) is 17.6. The smallest absolute Gasteiger partial charge is 0.458 e. The fourth-order valence-electron chi connectivity index (χ4n) is 3.01. The standard InChI is InChI=1S/C28H43NO9/c1-9-28(7,8)38-27(33)34-16-19(6)35-26(32)21(29)14-20-10-11-22(36-24(30)12-17(2)3)23(15-20)37-25(31)13-18(4)5/h10-11,15,17-19,21H,9,12-14,16,29H2,1-8H3/t19-,21-/m0/s1. The fourth-order valence-corrected chi connectivity index (χ4v) is 3.01. The van der Waals surface area contributed by atoms with Crippen LogP contribution in [0, 0.1) is 11.8 Å². The maximum atomic E-state index is 12.5. The van der Waals surface area contributed by atoms with Gasteiger partial charge in [0.1, 0.15) is 24.4 Å². The van der Waals surface area contributed by atoms with Crippen molar-refractivity contribution in [3.05, 3.63) is 23.8 Å². The molecule has 10 nitrogen and oxygen atoms in total. The zero-order valence-electron chi connectivity index (χ0n) is 23.8. The van der Waals surface area contributed by atoms with Crippen LogP contribution in [0.1, 0.15) is 80.2 Å². The minimum absolute atomic E-state index is 0.0636. The number of hydrogen-bond donors (Lipinski definition) is 1. The molecule has 0 bridgehead atoms. The highest BCUT2D eigenvalue weighted by Crippen LogP contribution is 2.30. The van der Waals surface area contributed by atoms with Gasteiger partial charge in [0.15, 0.2) is 11.5 Å². The molecule has 0 aliphatic rings. The van der Waals surface area contributed by atoms with Gasteiger partial charge in [0, 0.05) is 12.8 Å². The van der Waals surface area contributed by atoms with Gasteiger partial charge < -0.3 is 29.4 Å². The van der Waals surface area contributed by atoms with E-state index in [1.165, 1.54) is 12.1 Å². The SMILES string of the molecule is CCC(C)(C)OC(=O)OC[C@H](C)OC(=O)[C@@H](N)Cc1ccc(OC(=O)CC(C)C)c(OC(=O)CC(C)C)c1. The van der Waals surface area contributed by atoms with Gasteiger partial charge in [-0.05, 0) is 63.1 Å². The number of esters is 3. The Morgan fingerprint density at radius 3 is 1.97 bits per heavy atom. The van der Waals surface area contributed by atoms with Crippen LogP contribution in [0.5, 0.6) is 11.5 Å².